The van der Waals surface area contributed by atoms with Crippen LogP contribution in [0.3, 0.4) is 0 Å². The molecule has 0 atom stereocenters. The average Bonchev–Trinajstić information content (AvgIpc) is 2.92. The Morgan fingerprint density at radius 2 is 1.32 bits per heavy atom. The molecule has 0 spiro atoms. The highest BCUT2D eigenvalue weighted by atomic mass is 16.4. The van der Waals surface area contributed by atoms with E-state index in [-0.39, 0.29) is 28.1 Å². The molecule has 3 aromatic rings. The number of amides is 4. The van der Waals surface area contributed by atoms with E-state index in [1.165, 1.54) is 66.8 Å². The second kappa shape index (κ2) is 11.2. The number of anilines is 1. The third kappa shape index (κ3) is 5.61. The Morgan fingerprint density at radius 1 is 0.756 bits per heavy atom. The van der Waals surface area contributed by atoms with Gasteiger partial charge >= 0.3 is 23.7 Å². The van der Waals surface area contributed by atoms with Crippen molar-refractivity contribution in [2.45, 2.75) is 0 Å². The maximum absolute atomic E-state index is 12.9. The van der Waals surface area contributed by atoms with E-state index in [0.29, 0.717) is 4.90 Å². The quantitative estimate of drug-likeness (QED) is 0.160. The molecule has 0 bridgehead atoms. The lowest BCUT2D eigenvalue weighted by Gasteiger charge is -2.26. The van der Waals surface area contributed by atoms with Gasteiger partial charge in [0.2, 0.25) is 5.88 Å². The molecule has 14 heteroatoms. The zero-order valence-corrected chi connectivity index (χ0v) is 20.6. The normalized spacial score (nSPS) is 14.7. The number of barbiturate groups is 1. The Bertz CT molecular complexity index is 1810. The fourth-order valence-corrected chi connectivity index (χ4v) is 3.71. The molecule has 5 N–H and O–H groups in total. The Kier molecular flexibility index (Phi) is 7.57. The summed E-state index contributed by atoms with van der Waals surface area (Å²) in [5.74, 6) is -5.06. The summed E-state index contributed by atoms with van der Waals surface area (Å²) in [5, 5.41) is 30.7. The molecule has 1 aliphatic rings. The zero-order chi connectivity index (χ0) is 29.8. The maximum Gasteiger partial charge on any atom is 0.335 e. The number of carboxylic acids is 2. The van der Waals surface area contributed by atoms with Crippen molar-refractivity contribution in [3.05, 3.63) is 116 Å². The number of aromatic carboxylic acids is 2. The van der Waals surface area contributed by atoms with Gasteiger partial charge in [-0.25, -0.2) is 28.6 Å². The summed E-state index contributed by atoms with van der Waals surface area (Å²) in [7, 11) is 0. The standard InChI is InChI=1S/C27H18N4O10/c32-20-18(22(34)30(26(40)28-20)16-10-6-14(7-11-16)24(36)37)4-2-1-3-5-19-21(33)29-27(41)31(23(19)35)17-12-8-15(9-13-17)25(38)39/h1-13,34H,(H,36,37)(H,38,39)(H,28,32,40)(H,29,33,41)/b3-1+,4-2+,19-5+. The molecule has 2 aromatic carbocycles. The van der Waals surface area contributed by atoms with E-state index in [0.717, 1.165) is 16.7 Å². The van der Waals surface area contributed by atoms with Crippen molar-refractivity contribution >= 4 is 41.5 Å². The highest BCUT2D eigenvalue weighted by Gasteiger charge is 2.36. The summed E-state index contributed by atoms with van der Waals surface area (Å²) in [4.78, 5) is 86.8. The van der Waals surface area contributed by atoms with Crippen LogP contribution in [0.2, 0.25) is 0 Å². The van der Waals surface area contributed by atoms with Crippen LogP contribution in [0.15, 0.2) is 88.0 Å². The van der Waals surface area contributed by atoms with E-state index >= 15 is 0 Å². The summed E-state index contributed by atoms with van der Waals surface area (Å²) in [6.45, 7) is 0. The highest BCUT2D eigenvalue weighted by Crippen LogP contribution is 2.22. The average molecular weight is 558 g/mol. The topological polar surface area (TPSA) is 216 Å². The number of H-pyrrole nitrogens is 1. The second-order valence-electron chi connectivity index (χ2n) is 8.26. The minimum Gasteiger partial charge on any atom is -0.494 e. The van der Waals surface area contributed by atoms with E-state index in [1.54, 1.807) is 0 Å². The zero-order valence-electron chi connectivity index (χ0n) is 20.6. The fourth-order valence-electron chi connectivity index (χ4n) is 3.71. The first-order chi connectivity index (χ1) is 19.5. The van der Waals surface area contributed by atoms with Crippen molar-refractivity contribution in [1.82, 2.24) is 14.9 Å². The number of benzene rings is 2. The summed E-state index contributed by atoms with van der Waals surface area (Å²) >= 11 is 0. The molecule has 1 aliphatic heterocycles. The van der Waals surface area contributed by atoms with Gasteiger partial charge in [-0.2, -0.15) is 0 Å². The molecule has 0 unspecified atom stereocenters. The number of aromatic nitrogens is 2. The predicted molar refractivity (Wildman–Crippen MR) is 142 cm³/mol. The van der Waals surface area contributed by atoms with Gasteiger partial charge in [-0.1, -0.05) is 18.2 Å². The maximum atomic E-state index is 12.9. The van der Waals surface area contributed by atoms with Crippen LogP contribution < -0.4 is 21.5 Å². The van der Waals surface area contributed by atoms with E-state index in [4.69, 9.17) is 10.2 Å². The molecule has 2 heterocycles. The fraction of sp³-hybridized carbons (Fsp3) is 0. The van der Waals surface area contributed by atoms with Crippen LogP contribution in [0.4, 0.5) is 10.5 Å². The number of nitrogens with zero attached hydrogens (tertiary/aromatic N) is 2. The molecule has 1 aromatic heterocycles. The lowest BCUT2D eigenvalue weighted by Crippen LogP contribution is -2.54. The molecule has 0 saturated carbocycles. The van der Waals surface area contributed by atoms with Crippen LogP contribution >= 0.6 is 0 Å². The third-order valence-corrected chi connectivity index (χ3v) is 5.72. The second-order valence-corrected chi connectivity index (χ2v) is 8.26. The number of allylic oxidation sites excluding steroid dienone is 4. The van der Waals surface area contributed by atoms with Crippen molar-refractivity contribution < 1.29 is 39.3 Å². The molecule has 14 nitrogen and oxygen atoms in total. The largest absolute Gasteiger partial charge is 0.494 e. The molecule has 41 heavy (non-hydrogen) atoms. The smallest absolute Gasteiger partial charge is 0.335 e. The van der Waals surface area contributed by atoms with Crippen molar-refractivity contribution in [3.63, 3.8) is 0 Å². The number of aromatic amines is 1. The number of hydrogen-bond donors (Lipinski definition) is 5. The minimum absolute atomic E-state index is 0.0298. The van der Waals surface area contributed by atoms with Crippen LogP contribution in [0.1, 0.15) is 26.3 Å². The number of rotatable bonds is 7. The SMILES string of the molecule is O=C1NC(=O)N(c2ccc(C(=O)O)cc2)C(=O)/C1=C/C=C/C=C/c1c(O)n(-c2ccc(C(=O)O)cc2)c(=O)[nH]c1=O. The molecule has 4 amide bonds. The lowest BCUT2D eigenvalue weighted by molar-refractivity contribution is -0.122. The first-order valence-corrected chi connectivity index (χ1v) is 11.5. The van der Waals surface area contributed by atoms with E-state index < -0.39 is 52.5 Å². The number of aromatic hydroxyl groups is 1. The Morgan fingerprint density at radius 3 is 1.88 bits per heavy atom. The first-order valence-electron chi connectivity index (χ1n) is 11.5. The Balaban J connectivity index is 1.58. The lowest BCUT2D eigenvalue weighted by atomic mass is 10.1. The van der Waals surface area contributed by atoms with Crippen molar-refractivity contribution in [1.29, 1.82) is 0 Å². The van der Waals surface area contributed by atoms with E-state index in [1.807, 2.05) is 10.3 Å². The molecular weight excluding hydrogens is 540 g/mol. The number of nitrogens with one attached hydrogen (secondary N) is 2. The monoisotopic (exact) mass is 558 g/mol. The summed E-state index contributed by atoms with van der Waals surface area (Å²) in [6.07, 6.45) is 6.06. The Hall–Kier alpha value is -6.31. The Labute approximate surface area is 228 Å². The van der Waals surface area contributed by atoms with Gasteiger partial charge in [0.1, 0.15) is 11.1 Å². The molecular formula is C27H18N4O10. The first kappa shape index (κ1) is 27.7. The van der Waals surface area contributed by atoms with Gasteiger partial charge in [0.15, 0.2) is 0 Å². The third-order valence-electron chi connectivity index (χ3n) is 5.72. The molecule has 0 radical (unpaired) electrons. The van der Waals surface area contributed by atoms with Gasteiger partial charge in [-0.3, -0.25) is 24.7 Å². The number of carboxylic acid groups (broad SMARTS) is 2. The number of carbonyl (C=O) groups excluding carboxylic acids is 3. The van der Waals surface area contributed by atoms with Crippen LogP contribution in [0.25, 0.3) is 11.8 Å². The number of imide groups is 2. The van der Waals surface area contributed by atoms with Crippen LogP contribution in [0, 0.1) is 0 Å². The summed E-state index contributed by atoms with van der Waals surface area (Å²) in [5.41, 5.74) is -2.64. The van der Waals surface area contributed by atoms with Crippen LogP contribution in [-0.2, 0) is 9.59 Å². The van der Waals surface area contributed by atoms with Crippen molar-refractivity contribution in [2.75, 3.05) is 4.90 Å². The van der Waals surface area contributed by atoms with Gasteiger partial charge in [0.25, 0.3) is 17.4 Å². The molecule has 1 fully saturated rings. The predicted octanol–water partition coefficient (Wildman–Crippen LogP) is 1.41. The minimum atomic E-state index is -1.21. The number of urea groups is 1. The summed E-state index contributed by atoms with van der Waals surface area (Å²) < 4.78 is 0.762. The molecule has 4 rings (SSSR count). The van der Waals surface area contributed by atoms with Crippen molar-refractivity contribution in [2.24, 2.45) is 0 Å². The van der Waals surface area contributed by atoms with Crippen molar-refractivity contribution in [3.8, 4) is 11.6 Å². The molecule has 0 aliphatic carbocycles. The van der Waals surface area contributed by atoms with E-state index in [9.17, 15) is 38.7 Å². The number of carbonyl (C=O) groups is 5. The molecule has 206 valence electrons. The van der Waals surface area contributed by atoms with Crippen LogP contribution in [0.5, 0.6) is 5.88 Å². The van der Waals surface area contributed by atoms with Crippen LogP contribution in [-0.4, -0.2) is 54.7 Å². The van der Waals surface area contributed by atoms with Gasteiger partial charge in [0.05, 0.1) is 22.5 Å². The van der Waals surface area contributed by atoms with Gasteiger partial charge < -0.3 is 15.3 Å². The van der Waals surface area contributed by atoms with Gasteiger partial charge in [-0.05, 0) is 60.7 Å². The summed E-state index contributed by atoms with van der Waals surface area (Å²) in [6, 6.07) is 8.78. The van der Waals surface area contributed by atoms with Gasteiger partial charge in [0, 0.05) is 0 Å². The number of hydrogen-bond acceptors (Lipinski definition) is 8. The van der Waals surface area contributed by atoms with Gasteiger partial charge in [-0.15, -0.1) is 0 Å². The molecule has 1 saturated heterocycles. The highest BCUT2D eigenvalue weighted by molar-refractivity contribution is 6.37. The van der Waals surface area contributed by atoms with E-state index in [2.05, 4.69) is 0 Å².